The Hall–Kier alpha value is -1.47. The Kier molecular flexibility index (Phi) is 7.02. The molecule has 0 atom stereocenters. The molecular formula is C20H24N2O2S2. The topological polar surface area (TPSA) is 32.8 Å². The van der Waals surface area contributed by atoms with Gasteiger partial charge in [-0.1, -0.05) is 60.4 Å². The summed E-state index contributed by atoms with van der Waals surface area (Å²) >= 11 is 6.82. The van der Waals surface area contributed by atoms with Crippen molar-refractivity contribution in [3.05, 3.63) is 52.4 Å². The maximum absolute atomic E-state index is 12.7. The van der Waals surface area contributed by atoms with Crippen LogP contribution in [0, 0.1) is 0 Å². The van der Waals surface area contributed by atoms with Crippen molar-refractivity contribution in [1.29, 1.82) is 0 Å². The average molecular weight is 389 g/mol. The summed E-state index contributed by atoms with van der Waals surface area (Å²) in [5.74, 6) is 0.0304. The zero-order chi connectivity index (χ0) is 18.4. The molecule has 0 aliphatic carbocycles. The van der Waals surface area contributed by atoms with Crippen LogP contribution in [0.1, 0.15) is 18.9 Å². The molecule has 0 aromatic heterocycles. The molecule has 0 radical (unpaired) electrons. The normalized spacial score (nSPS) is 21.0. The molecule has 0 bridgehead atoms. The number of hydrogen-bond acceptors (Lipinski definition) is 5. The molecule has 0 saturated carbocycles. The van der Waals surface area contributed by atoms with Crippen molar-refractivity contribution in [2.75, 3.05) is 39.4 Å². The third-order valence-corrected chi connectivity index (χ3v) is 5.76. The third-order valence-electron chi connectivity index (χ3n) is 4.39. The molecule has 2 heterocycles. The van der Waals surface area contributed by atoms with E-state index in [1.54, 1.807) is 4.90 Å². The summed E-state index contributed by atoms with van der Waals surface area (Å²) in [6.45, 7) is 7.22. The van der Waals surface area contributed by atoms with Crippen LogP contribution < -0.4 is 0 Å². The van der Waals surface area contributed by atoms with Gasteiger partial charge in [0.2, 0.25) is 0 Å². The molecule has 0 N–H and O–H groups in total. The van der Waals surface area contributed by atoms with E-state index in [1.807, 2.05) is 43.3 Å². The van der Waals surface area contributed by atoms with E-state index in [9.17, 15) is 4.79 Å². The quantitative estimate of drug-likeness (QED) is 0.550. The molecule has 6 heteroatoms. The molecule has 2 fully saturated rings. The molecule has 2 saturated heterocycles. The highest BCUT2D eigenvalue weighted by molar-refractivity contribution is 8.26. The Labute approximate surface area is 164 Å². The Morgan fingerprint density at radius 2 is 1.96 bits per heavy atom. The van der Waals surface area contributed by atoms with Gasteiger partial charge in [-0.05, 0) is 30.6 Å². The van der Waals surface area contributed by atoms with E-state index < -0.39 is 0 Å². The number of morpholine rings is 1. The number of carbonyl (C=O) groups is 1. The van der Waals surface area contributed by atoms with E-state index in [4.69, 9.17) is 17.0 Å². The van der Waals surface area contributed by atoms with Crippen LogP contribution in [0.25, 0.3) is 6.08 Å². The van der Waals surface area contributed by atoms with Crippen molar-refractivity contribution < 1.29 is 9.53 Å². The van der Waals surface area contributed by atoms with E-state index in [0.717, 1.165) is 50.4 Å². The van der Waals surface area contributed by atoms with E-state index in [-0.39, 0.29) is 5.91 Å². The van der Waals surface area contributed by atoms with Crippen LogP contribution in [0.3, 0.4) is 0 Å². The molecule has 1 aromatic rings. The first-order valence-electron chi connectivity index (χ1n) is 8.92. The molecule has 138 valence electrons. The fourth-order valence-corrected chi connectivity index (χ4v) is 4.39. The molecule has 2 aliphatic rings. The van der Waals surface area contributed by atoms with Crippen LogP contribution >= 0.6 is 24.0 Å². The minimum Gasteiger partial charge on any atom is -0.379 e. The first-order valence-corrected chi connectivity index (χ1v) is 10.1. The lowest BCUT2D eigenvalue weighted by atomic mass is 10.1. The monoisotopic (exact) mass is 388 g/mol. The Bertz CT molecular complexity index is 710. The zero-order valence-corrected chi connectivity index (χ0v) is 16.7. The van der Waals surface area contributed by atoms with Gasteiger partial charge in [-0.25, -0.2) is 0 Å². The maximum atomic E-state index is 12.7. The first kappa shape index (κ1) is 19.3. The number of allylic oxidation sites excluding steroid dienone is 2. The lowest BCUT2D eigenvalue weighted by Crippen LogP contribution is -2.38. The second-order valence-electron chi connectivity index (χ2n) is 6.44. The minimum absolute atomic E-state index is 0.0304. The van der Waals surface area contributed by atoms with Gasteiger partial charge in [-0.3, -0.25) is 14.6 Å². The zero-order valence-electron chi connectivity index (χ0n) is 15.0. The van der Waals surface area contributed by atoms with Crippen molar-refractivity contribution >= 4 is 40.3 Å². The van der Waals surface area contributed by atoms with Gasteiger partial charge in [0.15, 0.2) is 0 Å². The van der Waals surface area contributed by atoms with Crippen molar-refractivity contribution in [3.8, 4) is 0 Å². The lowest BCUT2D eigenvalue weighted by molar-refractivity contribution is -0.122. The molecule has 1 amide bonds. The second kappa shape index (κ2) is 9.46. The van der Waals surface area contributed by atoms with E-state index in [1.165, 1.54) is 11.8 Å². The number of thiocarbonyl (C=S) groups is 1. The summed E-state index contributed by atoms with van der Waals surface area (Å²) in [6.07, 6.45) is 4.94. The lowest BCUT2D eigenvalue weighted by Gasteiger charge is -2.27. The van der Waals surface area contributed by atoms with Gasteiger partial charge in [0, 0.05) is 26.2 Å². The molecule has 0 spiro atoms. The van der Waals surface area contributed by atoms with Gasteiger partial charge in [0.25, 0.3) is 5.91 Å². The molecule has 2 aliphatic heterocycles. The first-order chi connectivity index (χ1) is 12.6. The van der Waals surface area contributed by atoms with Crippen molar-refractivity contribution in [2.45, 2.75) is 13.3 Å². The number of thioether (sulfide) groups is 1. The number of rotatable bonds is 6. The van der Waals surface area contributed by atoms with Crippen LogP contribution in [0.5, 0.6) is 0 Å². The Balaban J connectivity index is 1.56. The van der Waals surface area contributed by atoms with E-state index in [0.29, 0.717) is 15.8 Å². The number of nitrogens with zero attached hydrogens (tertiary/aromatic N) is 2. The molecular weight excluding hydrogens is 364 g/mol. The maximum Gasteiger partial charge on any atom is 0.266 e. The van der Waals surface area contributed by atoms with E-state index >= 15 is 0 Å². The predicted molar refractivity (Wildman–Crippen MR) is 112 cm³/mol. The van der Waals surface area contributed by atoms with Crippen molar-refractivity contribution in [1.82, 2.24) is 9.80 Å². The van der Waals surface area contributed by atoms with Gasteiger partial charge in [-0.15, -0.1) is 0 Å². The smallest absolute Gasteiger partial charge is 0.266 e. The van der Waals surface area contributed by atoms with Gasteiger partial charge in [-0.2, -0.15) is 0 Å². The van der Waals surface area contributed by atoms with Crippen LogP contribution in [-0.2, 0) is 9.53 Å². The summed E-state index contributed by atoms with van der Waals surface area (Å²) in [7, 11) is 0. The molecule has 26 heavy (non-hydrogen) atoms. The molecule has 4 nitrogen and oxygen atoms in total. The van der Waals surface area contributed by atoms with Gasteiger partial charge in [0.05, 0.1) is 18.1 Å². The van der Waals surface area contributed by atoms with Crippen LogP contribution in [0.2, 0.25) is 0 Å². The number of ether oxygens (including phenoxy) is 1. The standard InChI is InChI=1S/C20H24N2O2S2/c1-16(14-17-6-3-2-4-7-17)15-18-19(23)22(20(25)26-18)9-5-8-21-10-12-24-13-11-21/h2-4,6-7,14-15H,5,8-13H2,1H3/b16-14-,18-15-. The molecule has 1 aromatic carbocycles. The highest BCUT2D eigenvalue weighted by Crippen LogP contribution is 2.32. The number of carbonyl (C=O) groups excluding carboxylic acids is 1. The number of amides is 1. The Morgan fingerprint density at radius 3 is 2.69 bits per heavy atom. The summed E-state index contributed by atoms with van der Waals surface area (Å²) in [5.41, 5.74) is 2.17. The van der Waals surface area contributed by atoms with Gasteiger partial charge in [0.1, 0.15) is 4.32 Å². The largest absolute Gasteiger partial charge is 0.379 e. The number of benzene rings is 1. The second-order valence-corrected chi connectivity index (χ2v) is 8.12. The summed E-state index contributed by atoms with van der Waals surface area (Å²) < 4.78 is 6.03. The number of hydrogen-bond donors (Lipinski definition) is 0. The Morgan fingerprint density at radius 1 is 1.23 bits per heavy atom. The fraction of sp³-hybridized carbons (Fsp3) is 0.400. The molecule has 0 unspecified atom stereocenters. The fourth-order valence-electron chi connectivity index (χ4n) is 3.03. The summed E-state index contributed by atoms with van der Waals surface area (Å²) in [6, 6.07) is 10.1. The van der Waals surface area contributed by atoms with Crippen LogP contribution in [0.15, 0.2) is 46.9 Å². The van der Waals surface area contributed by atoms with Gasteiger partial charge >= 0.3 is 0 Å². The van der Waals surface area contributed by atoms with Crippen LogP contribution in [0.4, 0.5) is 0 Å². The highest BCUT2D eigenvalue weighted by Gasteiger charge is 2.31. The van der Waals surface area contributed by atoms with E-state index in [2.05, 4.69) is 11.0 Å². The van der Waals surface area contributed by atoms with Gasteiger partial charge < -0.3 is 4.74 Å². The average Bonchev–Trinajstić information content (AvgIpc) is 2.90. The summed E-state index contributed by atoms with van der Waals surface area (Å²) in [5, 5.41) is 0. The summed E-state index contributed by atoms with van der Waals surface area (Å²) in [4.78, 5) is 17.5. The minimum atomic E-state index is 0.0304. The predicted octanol–water partition coefficient (Wildman–Crippen LogP) is 3.56. The SMILES string of the molecule is CC(=C/c1ccccc1)/C=C1\SC(=S)N(CCCN2CCOCC2)C1=O. The van der Waals surface area contributed by atoms with Crippen molar-refractivity contribution in [2.24, 2.45) is 0 Å². The van der Waals surface area contributed by atoms with Crippen molar-refractivity contribution in [3.63, 3.8) is 0 Å². The third kappa shape index (κ3) is 5.27. The molecule has 3 rings (SSSR count). The van der Waals surface area contributed by atoms with Crippen LogP contribution in [-0.4, -0.2) is 59.4 Å². The highest BCUT2D eigenvalue weighted by atomic mass is 32.2.